The second-order valence-corrected chi connectivity index (χ2v) is 2.84. The Kier molecular flexibility index (Phi) is 1.05. The minimum Gasteiger partial charge on any atom is -0.375 e. The predicted molar refractivity (Wildman–Crippen MR) is 33.2 cm³/mol. The first-order valence-electron chi connectivity index (χ1n) is 3.48. The van der Waals surface area contributed by atoms with Crippen LogP contribution in [0, 0.1) is 11.3 Å². The normalized spacial score (nSPS) is 51.2. The van der Waals surface area contributed by atoms with Gasteiger partial charge in [0.05, 0.1) is 18.8 Å². The molecule has 0 bridgehead atoms. The van der Waals surface area contributed by atoms with E-state index >= 15 is 0 Å². The van der Waals surface area contributed by atoms with Gasteiger partial charge in [0.2, 0.25) is 0 Å². The Bertz CT molecular complexity index is 198. The van der Waals surface area contributed by atoms with Crippen molar-refractivity contribution in [3.63, 3.8) is 0 Å². The molecular formula is C7H9NO2. The first-order valence-corrected chi connectivity index (χ1v) is 3.48. The maximum absolute atomic E-state index is 8.52. The highest BCUT2D eigenvalue weighted by atomic mass is 16.6. The summed E-state index contributed by atoms with van der Waals surface area (Å²) in [5.74, 6) is 0. The summed E-state index contributed by atoms with van der Waals surface area (Å²) < 4.78 is 10.5. The fourth-order valence-corrected chi connectivity index (χ4v) is 1.56. The highest BCUT2D eigenvalue weighted by Crippen LogP contribution is 2.47. The van der Waals surface area contributed by atoms with Crippen molar-refractivity contribution in [1.29, 1.82) is 5.26 Å². The first-order chi connectivity index (χ1) is 4.79. The van der Waals surface area contributed by atoms with E-state index in [4.69, 9.17) is 14.7 Å². The lowest BCUT2D eigenvalue weighted by Gasteiger charge is -2.05. The molecular weight excluding hydrogens is 130 g/mol. The van der Waals surface area contributed by atoms with Gasteiger partial charge in [-0.1, -0.05) is 0 Å². The van der Waals surface area contributed by atoms with E-state index in [0.717, 1.165) is 13.0 Å². The predicted octanol–water partition coefficient (Wildman–Crippen LogP) is 0.456. The first kappa shape index (κ1) is 6.14. The lowest BCUT2D eigenvalue weighted by Crippen LogP contribution is -2.23. The second kappa shape index (κ2) is 1.71. The monoisotopic (exact) mass is 139 g/mol. The van der Waals surface area contributed by atoms with Gasteiger partial charge in [-0.25, -0.2) is 0 Å². The summed E-state index contributed by atoms with van der Waals surface area (Å²) >= 11 is 0. The Balaban J connectivity index is 2.13. The van der Waals surface area contributed by atoms with Gasteiger partial charge in [0, 0.05) is 6.42 Å². The zero-order valence-electron chi connectivity index (χ0n) is 5.83. The van der Waals surface area contributed by atoms with E-state index in [2.05, 4.69) is 6.07 Å². The highest BCUT2D eigenvalue weighted by Gasteiger charge is 2.63. The van der Waals surface area contributed by atoms with Crippen molar-refractivity contribution in [2.24, 2.45) is 0 Å². The van der Waals surface area contributed by atoms with Gasteiger partial charge in [-0.3, -0.25) is 0 Å². The fraction of sp³-hybridized carbons (Fsp3) is 0.857. The van der Waals surface area contributed by atoms with Gasteiger partial charge in [0.1, 0.15) is 5.60 Å². The SMILES string of the molecule is CC1OCCC12OC2C#N. The van der Waals surface area contributed by atoms with E-state index in [1.165, 1.54) is 0 Å². The van der Waals surface area contributed by atoms with Gasteiger partial charge in [0.15, 0.2) is 6.10 Å². The van der Waals surface area contributed by atoms with Crippen LogP contribution in [0.2, 0.25) is 0 Å². The Morgan fingerprint density at radius 2 is 2.50 bits per heavy atom. The zero-order valence-corrected chi connectivity index (χ0v) is 5.83. The van der Waals surface area contributed by atoms with E-state index in [1.54, 1.807) is 0 Å². The smallest absolute Gasteiger partial charge is 0.176 e. The molecule has 0 aromatic heterocycles. The van der Waals surface area contributed by atoms with Crippen molar-refractivity contribution >= 4 is 0 Å². The molecule has 10 heavy (non-hydrogen) atoms. The van der Waals surface area contributed by atoms with Gasteiger partial charge in [-0.15, -0.1) is 0 Å². The van der Waals surface area contributed by atoms with Gasteiger partial charge < -0.3 is 9.47 Å². The van der Waals surface area contributed by atoms with Crippen molar-refractivity contribution in [3.05, 3.63) is 0 Å². The van der Waals surface area contributed by atoms with Crippen LogP contribution in [0.5, 0.6) is 0 Å². The third-order valence-corrected chi connectivity index (χ3v) is 2.39. The average Bonchev–Trinajstić information content (AvgIpc) is 2.52. The number of hydrogen-bond acceptors (Lipinski definition) is 3. The number of epoxide rings is 1. The van der Waals surface area contributed by atoms with Crippen LogP contribution in [0.4, 0.5) is 0 Å². The summed E-state index contributed by atoms with van der Waals surface area (Å²) in [5.41, 5.74) is -0.214. The van der Waals surface area contributed by atoms with Crippen molar-refractivity contribution in [3.8, 4) is 6.07 Å². The maximum Gasteiger partial charge on any atom is 0.176 e. The van der Waals surface area contributed by atoms with Crippen molar-refractivity contribution in [2.45, 2.75) is 31.2 Å². The van der Waals surface area contributed by atoms with Crippen molar-refractivity contribution < 1.29 is 9.47 Å². The molecule has 3 nitrogen and oxygen atoms in total. The molecule has 3 unspecified atom stereocenters. The topological polar surface area (TPSA) is 45.5 Å². The Labute approximate surface area is 59.5 Å². The molecule has 2 saturated heterocycles. The number of ether oxygens (including phenoxy) is 2. The number of hydrogen-bond donors (Lipinski definition) is 0. The molecule has 0 aliphatic carbocycles. The zero-order chi connectivity index (χ0) is 7.19. The molecule has 0 aromatic carbocycles. The molecule has 2 heterocycles. The van der Waals surface area contributed by atoms with Gasteiger partial charge in [-0.2, -0.15) is 5.26 Å². The minimum absolute atomic E-state index is 0.108. The quantitative estimate of drug-likeness (QED) is 0.458. The van der Waals surface area contributed by atoms with Gasteiger partial charge in [-0.05, 0) is 6.92 Å². The molecule has 0 amide bonds. The summed E-state index contributed by atoms with van der Waals surface area (Å²) in [4.78, 5) is 0. The molecule has 2 fully saturated rings. The van der Waals surface area contributed by atoms with Crippen LogP contribution in [-0.2, 0) is 9.47 Å². The van der Waals surface area contributed by atoms with E-state index in [-0.39, 0.29) is 17.8 Å². The van der Waals surface area contributed by atoms with E-state index in [9.17, 15) is 0 Å². The number of rotatable bonds is 0. The third kappa shape index (κ3) is 0.556. The van der Waals surface area contributed by atoms with Crippen LogP contribution >= 0.6 is 0 Å². The summed E-state index contributed by atoms with van der Waals surface area (Å²) in [6.07, 6.45) is 0.786. The van der Waals surface area contributed by atoms with E-state index < -0.39 is 0 Å². The van der Waals surface area contributed by atoms with Crippen LogP contribution in [0.25, 0.3) is 0 Å². The standard InChI is InChI=1S/C7H9NO2/c1-5-7(2-3-9-5)6(4-8)10-7/h5-6H,2-3H2,1H3. The molecule has 3 heteroatoms. The Hall–Kier alpha value is -0.590. The van der Waals surface area contributed by atoms with Crippen LogP contribution in [-0.4, -0.2) is 24.4 Å². The summed E-state index contributed by atoms with van der Waals surface area (Å²) in [5, 5.41) is 8.52. The third-order valence-electron chi connectivity index (χ3n) is 2.39. The summed E-state index contributed by atoms with van der Waals surface area (Å²) in [7, 11) is 0. The molecule has 54 valence electrons. The lowest BCUT2D eigenvalue weighted by atomic mass is 9.99. The van der Waals surface area contributed by atoms with Crippen molar-refractivity contribution in [1.82, 2.24) is 0 Å². The summed E-state index contributed by atoms with van der Waals surface area (Å²) in [6.45, 7) is 2.70. The van der Waals surface area contributed by atoms with Gasteiger partial charge in [0.25, 0.3) is 0 Å². The number of nitriles is 1. The number of nitrogens with zero attached hydrogens (tertiary/aromatic N) is 1. The molecule has 0 N–H and O–H groups in total. The van der Waals surface area contributed by atoms with Gasteiger partial charge >= 0.3 is 0 Å². The average molecular weight is 139 g/mol. The summed E-state index contributed by atoms with van der Waals surface area (Å²) in [6, 6.07) is 2.10. The second-order valence-electron chi connectivity index (χ2n) is 2.84. The van der Waals surface area contributed by atoms with Crippen LogP contribution < -0.4 is 0 Å². The largest absolute Gasteiger partial charge is 0.375 e. The molecule has 2 aliphatic rings. The molecule has 2 aliphatic heterocycles. The minimum atomic E-state index is -0.214. The fourth-order valence-electron chi connectivity index (χ4n) is 1.56. The van der Waals surface area contributed by atoms with Crippen molar-refractivity contribution in [2.75, 3.05) is 6.61 Å². The molecule has 0 aromatic rings. The van der Waals surface area contributed by atoms with Crippen LogP contribution in [0.1, 0.15) is 13.3 Å². The van der Waals surface area contributed by atoms with Crippen LogP contribution in [0.15, 0.2) is 0 Å². The van der Waals surface area contributed by atoms with E-state index in [0.29, 0.717) is 0 Å². The highest BCUT2D eigenvalue weighted by molar-refractivity contribution is 5.18. The van der Waals surface area contributed by atoms with Crippen LogP contribution in [0.3, 0.4) is 0 Å². The molecule has 3 atom stereocenters. The van der Waals surface area contributed by atoms with E-state index in [1.807, 2.05) is 6.92 Å². The molecule has 1 spiro atoms. The molecule has 2 rings (SSSR count). The Morgan fingerprint density at radius 1 is 1.70 bits per heavy atom. The maximum atomic E-state index is 8.52. The molecule has 0 radical (unpaired) electrons. The lowest BCUT2D eigenvalue weighted by molar-refractivity contribution is 0.0909. The molecule has 0 saturated carbocycles. The Morgan fingerprint density at radius 3 is 2.90 bits per heavy atom.